The minimum atomic E-state index is -1.29. The lowest BCUT2D eigenvalue weighted by Crippen LogP contribution is -2.23. The Bertz CT molecular complexity index is 616. The van der Waals surface area contributed by atoms with Gasteiger partial charge in [-0.2, -0.15) is 0 Å². The number of Topliss-reactive ketones (excluding diaryl/α,β-unsaturated/α-hetero) is 1. The Balaban J connectivity index is 2.37. The number of methoxy groups -OCH3 is 1. The topological polar surface area (TPSA) is 114 Å². The van der Waals surface area contributed by atoms with Crippen molar-refractivity contribution in [1.82, 2.24) is 0 Å². The van der Waals surface area contributed by atoms with E-state index >= 15 is 0 Å². The predicted octanol–water partition coefficient (Wildman–Crippen LogP) is 1.77. The van der Waals surface area contributed by atoms with Crippen LogP contribution in [0.2, 0.25) is 0 Å². The molecule has 1 aromatic carbocycles. The maximum absolute atomic E-state index is 12.2. The van der Waals surface area contributed by atoms with Gasteiger partial charge in [-0.05, 0) is 6.07 Å². The van der Waals surface area contributed by atoms with Gasteiger partial charge in [0.2, 0.25) is 5.78 Å². The minimum Gasteiger partial charge on any atom is -0.452 e. The highest BCUT2D eigenvalue weighted by molar-refractivity contribution is 6.02. The highest BCUT2D eigenvalue weighted by Gasteiger charge is 2.29. The van der Waals surface area contributed by atoms with Crippen LogP contribution in [0.3, 0.4) is 0 Å². The van der Waals surface area contributed by atoms with Gasteiger partial charge < -0.3 is 18.9 Å². The van der Waals surface area contributed by atoms with Gasteiger partial charge in [0.1, 0.15) is 18.3 Å². The highest BCUT2D eigenvalue weighted by atomic mass is 16.7. The van der Waals surface area contributed by atoms with Crippen LogP contribution in [-0.4, -0.2) is 30.3 Å². The van der Waals surface area contributed by atoms with Crippen molar-refractivity contribution in [2.24, 2.45) is 0 Å². The first-order valence-corrected chi connectivity index (χ1v) is 5.57. The predicted molar refractivity (Wildman–Crippen MR) is 65.6 cm³/mol. The van der Waals surface area contributed by atoms with Gasteiger partial charge in [-0.3, -0.25) is 14.9 Å². The van der Waals surface area contributed by atoms with Crippen LogP contribution in [0.5, 0.6) is 5.75 Å². The van der Waals surface area contributed by atoms with E-state index in [0.29, 0.717) is 0 Å². The molecule has 1 aromatic rings. The van der Waals surface area contributed by atoms with Gasteiger partial charge in [0.15, 0.2) is 0 Å². The largest absolute Gasteiger partial charge is 0.513 e. The van der Waals surface area contributed by atoms with Gasteiger partial charge in [0.05, 0.1) is 17.6 Å². The number of ether oxygens (including phenoxy) is 4. The highest BCUT2D eigenvalue weighted by Crippen LogP contribution is 2.27. The zero-order valence-corrected chi connectivity index (χ0v) is 10.7. The molecular weight excluding hydrogens is 286 g/mol. The van der Waals surface area contributed by atoms with E-state index in [1.165, 1.54) is 0 Å². The summed E-state index contributed by atoms with van der Waals surface area (Å²) in [7, 11) is 1.09. The lowest BCUT2D eigenvalue weighted by molar-refractivity contribution is -0.384. The van der Waals surface area contributed by atoms with E-state index in [9.17, 15) is 19.7 Å². The fourth-order valence-corrected chi connectivity index (χ4v) is 1.53. The zero-order chi connectivity index (χ0) is 15.4. The SMILES string of the molecule is COC(=O)Oc1ccc([N+](=O)[O-])cc1C(=O)C1OC=CO1. The molecule has 0 atom stereocenters. The minimum absolute atomic E-state index is 0.198. The second-order valence-electron chi connectivity index (χ2n) is 3.73. The third kappa shape index (κ3) is 3.08. The number of nitro benzene ring substituents is 1. The molecule has 0 amide bonds. The summed E-state index contributed by atoms with van der Waals surface area (Å²) in [5, 5.41) is 10.8. The van der Waals surface area contributed by atoms with Crippen LogP contribution in [0, 0.1) is 10.1 Å². The number of benzene rings is 1. The number of hydrogen-bond donors (Lipinski definition) is 0. The van der Waals surface area contributed by atoms with Crippen molar-refractivity contribution < 1.29 is 33.5 Å². The monoisotopic (exact) mass is 295 g/mol. The second-order valence-corrected chi connectivity index (χ2v) is 3.73. The molecule has 0 aromatic heterocycles. The molecule has 0 aliphatic carbocycles. The zero-order valence-electron chi connectivity index (χ0n) is 10.7. The molecule has 0 N–H and O–H groups in total. The summed E-state index contributed by atoms with van der Waals surface area (Å²) >= 11 is 0. The number of carbonyl (C=O) groups excluding carboxylic acids is 2. The Morgan fingerprint density at radius 1 is 1.29 bits per heavy atom. The molecule has 0 bridgehead atoms. The molecule has 0 saturated carbocycles. The number of rotatable bonds is 4. The first kappa shape index (κ1) is 14.3. The Kier molecular flexibility index (Phi) is 4.02. The maximum Gasteiger partial charge on any atom is 0.513 e. The molecule has 0 fully saturated rings. The van der Waals surface area contributed by atoms with Gasteiger partial charge in [-0.15, -0.1) is 0 Å². The summed E-state index contributed by atoms with van der Waals surface area (Å²) in [6.45, 7) is 0. The summed E-state index contributed by atoms with van der Waals surface area (Å²) in [5.41, 5.74) is -0.579. The van der Waals surface area contributed by atoms with Crippen molar-refractivity contribution in [3.05, 3.63) is 46.4 Å². The van der Waals surface area contributed by atoms with Gasteiger partial charge in [0, 0.05) is 12.1 Å². The third-order valence-corrected chi connectivity index (χ3v) is 2.47. The van der Waals surface area contributed by atoms with Crippen LogP contribution < -0.4 is 4.74 Å². The Hall–Kier alpha value is -3.10. The summed E-state index contributed by atoms with van der Waals surface area (Å²) < 4.78 is 18.8. The lowest BCUT2D eigenvalue weighted by Gasteiger charge is -2.12. The van der Waals surface area contributed by atoms with Crippen LogP contribution in [0.15, 0.2) is 30.7 Å². The molecule has 9 nitrogen and oxygen atoms in total. The van der Waals surface area contributed by atoms with E-state index in [1.54, 1.807) is 0 Å². The number of non-ortho nitro benzene ring substituents is 1. The van der Waals surface area contributed by atoms with Crippen LogP contribution in [-0.2, 0) is 14.2 Å². The fraction of sp³-hybridized carbons (Fsp3) is 0.167. The summed E-state index contributed by atoms with van der Waals surface area (Å²) in [4.78, 5) is 33.4. The van der Waals surface area contributed by atoms with Crippen molar-refractivity contribution in [3.63, 3.8) is 0 Å². The molecule has 0 radical (unpaired) electrons. The Morgan fingerprint density at radius 3 is 2.52 bits per heavy atom. The lowest BCUT2D eigenvalue weighted by atomic mass is 10.1. The smallest absolute Gasteiger partial charge is 0.452 e. The van der Waals surface area contributed by atoms with Crippen molar-refractivity contribution in [3.8, 4) is 5.75 Å². The Labute approximate surface area is 117 Å². The molecule has 0 saturated heterocycles. The summed E-state index contributed by atoms with van der Waals surface area (Å²) in [6, 6.07) is 3.17. The average Bonchev–Trinajstić information content (AvgIpc) is 3.00. The molecule has 1 aliphatic heterocycles. The Morgan fingerprint density at radius 2 is 1.95 bits per heavy atom. The molecule has 1 aliphatic rings. The molecule has 110 valence electrons. The normalized spacial score (nSPS) is 13.2. The van der Waals surface area contributed by atoms with Crippen molar-refractivity contribution in [2.75, 3.05) is 7.11 Å². The van der Waals surface area contributed by atoms with Gasteiger partial charge in [0.25, 0.3) is 5.69 Å². The average molecular weight is 295 g/mol. The van der Waals surface area contributed by atoms with Gasteiger partial charge >= 0.3 is 12.4 Å². The number of hydrogen-bond acceptors (Lipinski definition) is 8. The van der Waals surface area contributed by atoms with Gasteiger partial charge in [-0.25, -0.2) is 4.79 Å². The van der Waals surface area contributed by atoms with E-state index in [4.69, 9.17) is 14.2 Å². The van der Waals surface area contributed by atoms with Crippen molar-refractivity contribution in [1.29, 1.82) is 0 Å². The standard InChI is InChI=1S/C12H9NO8/c1-18-12(15)21-9-3-2-7(13(16)17)6-8(9)10(14)11-19-4-5-20-11/h2-6,11H,1H3. The molecule has 0 unspecified atom stereocenters. The number of nitrogens with zero attached hydrogens (tertiary/aromatic N) is 1. The van der Waals surface area contributed by atoms with E-state index in [-0.39, 0.29) is 17.0 Å². The van der Waals surface area contributed by atoms with E-state index in [0.717, 1.165) is 37.8 Å². The maximum atomic E-state index is 12.2. The van der Waals surface area contributed by atoms with Crippen LogP contribution in [0.25, 0.3) is 0 Å². The van der Waals surface area contributed by atoms with Crippen LogP contribution >= 0.6 is 0 Å². The molecule has 21 heavy (non-hydrogen) atoms. The number of nitro groups is 1. The number of ketones is 1. The van der Waals surface area contributed by atoms with Crippen molar-refractivity contribution in [2.45, 2.75) is 6.29 Å². The van der Waals surface area contributed by atoms with E-state index < -0.39 is 23.2 Å². The first-order valence-electron chi connectivity index (χ1n) is 5.57. The third-order valence-electron chi connectivity index (χ3n) is 2.47. The second kappa shape index (κ2) is 5.90. The van der Waals surface area contributed by atoms with Crippen LogP contribution in [0.4, 0.5) is 10.5 Å². The molecule has 2 rings (SSSR count). The van der Waals surface area contributed by atoms with E-state index in [2.05, 4.69) is 4.74 Å². The molecule has 9 heteroatoms. The molecule has 0 spiro atoms. The van der Waals surface area contributed by atoms with Crippen LogP contribution in [0.1, 0.15) is 10.4 Å². The summed E-state index contributed by atoms with van der Waals surface area (Å²) in [5.74, 6) is -0.931. The quantitative estimate of drug-likeness (QED) is 0.271. The van der Waals surface area contributed by atoms with E-state index in [1.807, 2.05) is 0 Å². The molecule has 1 heterocycles. The first-order chi connectivity index (χ1) is 10.0. The number of carbonyl (C=O) groups is 2. The summed E-state index contributed by atoms with van der Waals surface area (Å²) in [6.07, 6.45) is -0.0436. The van der Waals surface area contributed by atoms with Gasteiger partial charge in [-0.1, -0.05) is 0 Å². The van der Waals surface area contributed by atoms with Crippen molar-refractivity contribution >= 4 is 17.6 Å². The fourth-order valence-electron chi connectivity index (χ4n) is 1.53. The molecular formula is C12H9NO8.